The number of halogens is 2. The minimum Gasteiger partial charge on any atom is -0.479 e. The number of fused-ring (bicyclic) bond motifs is 1. The van der Waals surface area contributed by atoms with E-state index in [0.29, 0.717) is 30.2 Å². The van der Waals surface area contributed by atoms with Crippen molar-refractivity contribution in [3.8, 4) is 5.75 Å². The van der Waals surface area contributed by atoms with Gasteiger partial charge in [-0.25, -0.2) is 4.39 Å². The topological polar surface area (TPSA) is 61.9 Å². The van der Waals surface area contributed by atoms with E-state index in [4.69, 9.17) is 16.3 Å². The fourth-order valence-electron chi connectivity index (χ4n) is 2.93. The van der Waals surface area contributed by atoms with E-state index in [1.54, 1.807) is 30.0 Å². The van der Waals surface area contributed by atoms with Crippen molar-refractivity contribution >= 4 is 34.8 Å². The summed E-state index contributed by atoms with van der Waals surface area (Å²) < 4.78 is 19.7. The maximum absolute atomic E-state index is 14.0. The van der Waals surface area contributed by atoms with Crippen LogP contribution in [0, 0.1) is 5.82 Å². The lowest BCUT2D eigenvalue weighted by molar-refractivity contribution is -0.125. The highest BCUT2D eigenvalue weighted by atomic mass is 35.5. The van der Waals surface area contributed by atoms with Gasteiger partial charge >= 0.3 is 0 Å². The number of carbonyl (C=O) groups is 2. The number of likely N-dealkylation sites (N-methyl/N-ethyl adjacent to an activating group) is 1. The zero-order valence-electron chi connectivity index (χ0n) is 15.8. The largest absolute Gasteiger partial charge is 0.479 e. The van der Waals surface area contributed by atoms with Crippen LogP contribution < -0.4 is 15.0 Å². The summed E-state index contributed by atoms with van der Waals surface area (Å²) in [6.45, 7) is 2.89. The molecule has 0 saturated carbocycles. The van der Waals surface area contributed by atoms with Crippen molar-refractivity contribution < 1.29 is 18.7 Å². The van der Waals surface area contributed by atoms with Crippen LogP contribution in [-0.2, 0) is 4.79 Å². The van der Waals surface area contributed by atoms with Gasteiger partial charge in [-0.1, -0.05) is 17.7 Å². The van der Waals surface area contributed by atoms with Crippen molar-refractivity contribution in [3.05, 3.63) is 52.8 Å². The van der Waals surface area contributed by atoms with Crippen LogP contribution in [0.4, 0.5) is 15.8 Å². The fraction of sp³-hybridized carbons (Fsp3) is 0.300. The Bertz CT molecular complexity index is 899. The van der Waals surface area contributed by atoms with Crippen LogP contribution in [0.5, 0.6) is 5.75 Å². The average Bonchev–Trinajstić information content (AvgIpc) is 2.62. The third kappa shape index (κ3) is 4.10. The molecule has 8 heteroatoms. The van der Waals surface area contributed by atoms with E-state index < -0.39 is 17.8 Å². The Morgan fingerprint density at radius 1 is 1.32 bits per heavy atom. The monoisotopic (exact) mass is 405 g/mol. The van der Waals surface area contributed by atoms with Gasteiger partial charge in [-0.2, -0.15) is 0 Å². The number of rotatable bonds is 5. The number of carbonyl (C=O) groups excluding carboxylic acids is 2. The van der Waals surface area contributed by atoms with E-state index in [0.717, 1.165) is 0 Å². The second-order valence-corrected chi connectivity index (χ2v) is 7.19. The number of nitrogens with one attached hydrogen (secondary N) is 1. The third-order valence-corrected chi connectivity index (χ3v) is 4.70. The lowest BCUT2D eigenvalue weighted by atomic mass is 10.1. The third-order valence-electron chi connectivity index (χ3n) is 4.39. The zero-order valence-corrected chi connectivity index (χ0v) is 16.6. The molecule has 3 rings (SSSR count). The zero-order chi connectivity index (χ0) is 20.4. The van der Waals surface area contributed by atoms with Crippen molar-refractivity contribution in [1.29, 1.82) is 0 Å². The van der Waals surface area contributed by atoms with Gasteiger partial charge in [0.1, 0.15) is 11.6 Å². The van der Waals surface area contributed by atoms with Gasteiger partial charge in [0.2, 0.25) is 0 Å². The molecule has 1 unspecified atom stereocenters. The highest BCUT2D eigenvalue weighted by Gasteiger charge is 2.31. The molecule has 2 aromatic carbocycles. The van der Waals surface area contributed by atoms with E-state index in [9.17, 15) is 14.0 Å². The van der Waals surface area contributed by atoms with Crippen molar-refractivity contribution in [1.82, 2.24) is 4.90 Å². The Morgan fingerprint density at radius 2 is 2.07 bits per heavy atom. The summed E-state index contributed by atoms with van der Waals surface area (Å²) in [4.78, 5) is 28.6. The molecule has 6 nitrogen and oxygen atoms in total. The van der Waals surface area contributed by atoms with Crippen molar-refractivity contribution in [2.24, 2.45) is 0 Å². The van der Waals surface area contributed by atoms with Crippen LogP contribution in [0.2, 0.25) is 5.02 Å². The maximum atomic E-state index is 14.0. The maximum Gasteiger partial charge on any atom is 0.267 e. The number of ether oxygens (including phenoxy) is 1. The molecule has 0 saturated heterocycles. The van der Waals surface area contributed by atoms with Gasteiger partial charge in [-0.3, -0.25) is 9.59 Å². The lowest BCUT2D eigenvalue weighted by Gasteiger charge is -2.34. The van der Waals surface area contributed by atoms with E-state index in [1.807, 2.05) is 19.0 Å². The smallest absolute Gasteiger partial charge is 0.267 e. The van der Waals surface area contributed by atoms with Gasteiger partial charge < -0.3 is 19.9 Å². The molecule has 28 heavy (non-hydrogen) atoms. The molecule has 1 heterocycles. The van der Waals surface area contributed by atoms with E-state index in [-0.39, 0.29) is 16.5 Å². The molecule has 0 bridgehead atoms. The lowest BCUT2D eigenvalue weighted by Crippen LogP contribution is -2.46. The molecular weight excluding hydrogens is 385 g/mol. The molecule has 0 spiro atoms. The standard InChI is InChI=1S/C20H21ClFN3O3/c1-12-20(27)25(10-9-24(2)3)16-8-7-13(11-17(16)28-12)23-19(26)18-14(21)5-4-6-15(18)22/h4-8,11-12H,9-10H2,1-3H3,(H,23,26). The Hall–Kier alpha value is -2.64. The average molecular weight is 406 g/mol. The van der Waals surface area contributed by atoms with Crippen molar-refractivity contribution in [3.63, 3.8) is 0 Å². The van der Waals surface area contributed by atoms with Gasteiger partial charge in [0.15, 0.2) is 6.10 Å². The number of anilines is 2. The summed E-state index contributed by atoms with van der Waals surface area (Å²) in [6.07, 6.45) is -0.637. The van der Waals surface area contributed by atoms with Gasteiger partial charge in [-0.05, 0) is 45.3 Å². The number of benzene rings is 2. The molecule has 1 aliphatic heterocycles. The van der Waals surface area contributed by atoms with E-state index in [1.165, 1.54) is 18.2 Å². The molecule has 2 amide bonds. The van der Waals surface area contributed by atoms with Crippen LogP contribution in [0.1, 0.15) is 17.3 Å². The first kappa shape index (κ1) is 20.1. The molecule has 1 N–H and O–H groups in total. The molecule has 1 aliphatic rings. The number of hydrogen-bond acceptors (Lipinski definition) is 4. The first-order valence-electron chi connectivity index (χ1n) is 8.80. The second kappa shape index (κ2) is 8.16. The summed E-state index contributed by atoms with van der Waals surface area (Å²) >= 11 is 5.95. The molecule has 0 aliphatic carbocycles. The Labute approximate surface area is 167 Å². The quantitative estimate of drug-likeness (QED) is 0.828. The SMILES string of the molecule is CC1Oc2cc(NC(=O)c3c(F)cccc3Cl)ccc2N(CCN(C)C)C1=O. The van der Waals surface area contributed by atoms with Crippen molar-refractivity contribution in [2.75, 3.05) is 37.4 Å². The Morgan fingerprint density at radius 3 is 2.75 bits per heavy atom. The molecule has 0 fully saturated rings. The first-order valence-corrected chi connectivity index (χ1v) is 9.18. The second-order valence-electron chi connectivity index (χ2n) is 6.79. The molecular formula is C20H21ClFN3O3. The summed E-state index contributed by atoms with van der Waals surface area (Å²) in [6, 6.07) is 9.02. The number of hydrogen-bond donors (Lipinski definition) is 1. The Kier molecular flexibility index (Phi) is 5.86. The normalized spacial score (nSPS) is 16.0. The molecule has 148 valence electrons. The summed E-state index contributed by atoms with van der Waals surface area (Å²) in [7, 11) is 3.86. The van der Waals surface area contributed by atoms with Gasteiger partial charge in [0.25, 0.3) is 11.8 Å². The van der Waals surface area contributed by atoms with Crippen LogP contribution in [0.15, 0.2) is 36.4 Å². The van der Waals surface area contributed by atoms with Gasteiger partial charge in [0, 0.05) is 24.8 Å². The van der Waals surface area contributed by atoms with Crippen LogP contribution >= 0.6 is 11.6 Å². The highest BCUT2D eigenvalue weighted by Crippen LogP contribution is 2.36. The molecule has 0 aromatic heterocycles. The summed E-state index contributed by atoms with van der Waals surface area (Å²) in [5.41, 5.74) is 0.822. The molecule has 0 radical (unpaired) electrons. The van der Waals surface area contributed by atoms with Crippen LogP contribution in [0.3, 0.4) is 0 Å². The minimum absolute atomic E-state index is 0.0285. The summed E-state index contributed by atoms with van der Waals surface area (Å²) in [5.74, 6) is -1.01. The molecule has 1 atom stereocenters. The van der Waals surface area contributed by atoms with E-state index >= 15 is 0 Å². The van der Waals surface area contributed by atoms with Gasteiger partial charge in [0.05, 0.1) is 16.3 Å². The predicted octanol–water partition coefficient (Wildman–Crippen LogP) is 3.41. The number of nitrogens with zero attached hydrogens (tertiary/aromatic N) is 2. The van der Waals surface area contributed by atoms with Crippen molar-refractivity contribution in [2.45, 2.75) is 13.0 Å². The van der Waals surface area contributed by atoms with Crippen LogP contribution in [0.25, 0.3) is 0 Å². The Balaban J connectivity index is 1.86. The summed E-state index contributed by atoms with van der Waals surface area (Å²) in [5, 5.41) is 2.65. The van der Waals surface area contributed by atoms with E-state index in [2.05, 4.69) is 5.32 Å². The van der Waals surface area contributed by atoms with Gasteiger partial charge in [-0.15, -0.1) is 0 Å². The minimum atomic E-state index is -0.701. The number of amides is 2. The fourth-order valence-corrected chi connectivity index (χ4v) is 3.18. The highest BCUT2D eigenvalue weighted by molar-refractivity contribution is 6.34. The molecule has 2 aromatic rings. The van der Waals surface area contributed by atoms with Crippen LogP contribution in [-0.4, -0.2) is 50.0 Å². The first-order chi connectivity index (χ1) is 13.3. The predicted molar refractivity (Wildman–Crippen MR) is 107 cm³/mol.